The first-order valence-corrected chi connectivity index (χ1v) is 9.18. The fourth-order valence-corrected chi connectivity index (χ4v) is 3.77. The highest BCUT2D eigenvalue weighted by Gasteiger charge is 2.25. The summed E-state index contributed by atoms with van der Waals surface area (Å²) in [5, 5.41) is 0.890. The van der Waals surface area contributed by atoms with E-state index in [1.807, 2.05) is 43.9 Å². The lowest BCUT2D eigenvalue weighted by Gasteiger charge is -2.23. The number of rotatable bonds is 1. The zero-order chi connectivity index (χ0) is 19.1. The Kier molecular flexibility index (Phi) is 4.26. The summed E-state index contributed by atoms with van der Waals surface area (Å²) in [5.74, 6) is -0.00200. The van der Waals surface area contributed by atoms with Gasteiger partial charge in [0.1, 0.15) is 0 Å². The van der Waals surface area contributed by atoms with Crippen molar-refractivity contribution in [2.24, 2.45) is 0 Å². The lowest BCUT2D eigenvalue weighted by atomic mass is 9.99. The molecule has 0 spiro atoms. The molecule has 0 bridgehead atoms. The van der Waals surface area contributed by atoms with Crippen LogP contribution in [0.2, 0.25) is 0 Å². The van der Waals surface area contributed by atoms with Gasteiger partial charge in [-0.15, -0.1) is 0 Å². The van der Waals surface area contributed by atoms with Crippen LogP contribution in [0, 0.1) is 20.8 Å². The standard InChI is InChI=1S/C21H22N4O2/c1-12-4-5-18-16(10-12)19(13(2)14(3)24-18)21(27)25-8-6-15-17(7-9-25)22-11-23-20(15)26/h4-5,10-11H,6-9H2,1-3H3,(H,22,23,26). The summed E-state index contributed by atoms with van der Waals surface area (Å²) >= 11 is 0. The van der Waals surface area contributed by atoms with E-state index in [2.05, 4.69) is 15.0 Å². The molecule has 138 valence electrons. The molecular formula is C21H22N4O2. The van der Waals surface area contributed by atoms with Crippen LogP contribution in [0.3, 0.4) is 0 Å². The van der Waals surface area contributed by atoms with Crippen LogP contribution in [0.25, 0.3) is 10.9 Å². The van der Waals surface area contributed by atoms with Crippen molar-refractivity contribution in [3.8, 4) is 0 Å². The number of H-pyrrole nitrogens is 1. The molecular weight excluding hydrogens is 340 g/mol. The van der Waals surface area contributed by atoms with Gasteiger partial charge in [-0.05, 0) is 44.9 Å². The third-order valence-corrected chi connectivity index (χ3v) is 5.42. The van der Waals surface area contributed by atoms with Gasteiger partial charge in [0.05, 0.1) is 23.1 Å². The second-order valence-corrected chi connectivity index (χ2v) is 7.17. The van der Waals surface area contributed by atoms with Crippen molar-refractivity contribution >= 4 is 16.8 Å². The first kappa shape index (κ1) is 17.4. The quantitative estimate of drug-likeness (QED) is 0.721. The molecule has 0 atom stereocenters. The van der Waals surface area contributed by atoms with E-state index in [1.54, 1.807) is 0 Å². The highest BCUT2D eigenvalue weighted by Crippen LogP contribution is 2.26. The molecule has 1 N–H and O–H groups in total. The molecule has 0 saturated carbocycles. The third kappa shape index (κ3) is 3.01. The fraction of sp³-hybridized carbons (Fsp3) is 0.333. The van der Waals surface area contributed by atoms with E-state index in [9.17, 15) is 9.59 Å². The highest BCUT2D eigenvalue weighted by molar-refractivity contribution is 6.07. The molecule has 1 amide bonds. The predicted octanol–water partition coefficient (Wildman–Crippen LogP) is 2.48. The van der Waals surface area contributed by atoms with Gasteiger partial charge in [0.2, 0.25) is 0 Å². The summed E-state index contributed by atoms with van der Waals surface area (Å²) in [6, 6.07) is 6.01. The number of aromatic nitrogens is 3. The smallest absolute Gasteiger partial charge is 0.254 e. The molecule has 4 rings (SSSR count). The van der Waals surface area contributed by atoms with E-state index in [0.29, 0.717) is 37.1 Å². The molecule has 1 aliphatic heterocycles. The largest absolute Gasteiger partial charge is 0.338 e. The molecule has 27 heavy (non-hydrogen) atoms. The van der Waals surface area contributed by atoms with Crippen molar-refractivity contribution in [2.45, 2.75) is 33.6 Å². The molecule has 0 fully saturated rings. The Labute approximate surface area is 157 Å². The number of aromatic amines is 1. The number of nitrogens with one attached hydrogen (secondary N) is 1. The topological polar surface area (TPSA) is 79.0 Å². The number of carbonyl (C=O) groups excluding carboxylic acids is 1. The van der Waals surface area contributed by atoms with Gasteiger partial charge in [-0.3, -0.25) is 14.6 Å². The minimum atomic E-state index is -0.105. The van der Waals surface area contributed by atoms with Gasteiger partial charge in [0, 0.05) is 36.2 Å². The van der Waals surface area contributed by atoms with Crippen molar-refractivity contribution < 1.29 is 4.79 Å². The highest BCUT2D eigenvalue weighted by atomic mass is 16.2. The van der Waals surface area contributed by atoms with E-state index in [-0.39, 0.29) is 11.5 Å². The fourth-order valence-electron chi connectivity index (χ4n) is 3.77. The zero-order valence-electron chi connectivity index (χ0n) is 15.8. The summed E-state index contributed by atoms with van der Waals surface area (Å²) in [6.45, 7) is 6.97. The number of nitrogens with zero attached hydrogens (tertiary/aromatic N) is 3. The lowest BCUT2D eigenvalue weighted by Crippen LogP contribution is -2.34. The predicted molar refractivity (Wildman–Crippen MR) is 104 cm³/mol. The molecule has 6 heteroatoms. The first-order valence-electron chi connectivity index (χ1n) is 9.18. The molecule has 1 aliphatic rings. The number of aryl methyl sites for hydroxylation is 2. The number of pyridine rings is 1. The van der Waals surface area contributed by atoms with Crippen molar-refractivity contribution in [3.05, 3.63) is 68.5 Å². The van der Waals surface area contributed by atoms with Crippen LogP contribution >= 0.6 is 0 Å². The lowest BCUT2D eigenvalue weighted by molar-refractivity contribution is 0.0764. The molecule has 6 nitrogen and oxygen atoms in total. The molecule has 1 aromatic carbocycles. The molecule has 0 unspecified atom stereocenters. The Morgan fingerprint density at radius 1 is 1.15 bits per heavy atom. The van der Waals surface area contributed by atoms with Crippen LogP contribution < -0.4 is 5.56 Å². The SMILES string of the molecule is Cc1ccc2nc(C)c(C)c(C(=O)N3CCc4nc[nH]c(=O)c4CC3)c2c1. The number of hydrogen-bond donors (Lipinski definition) is 1. The van der Waals surface area contributed by atoms with Crippen molar-refractivity contribution in [3.63, 3.8) is 0 Å². The van der Waals surface area contributed by atoms with E-state index in [4.69, 9.17) is 0 Å². The van der Waals surface area contributed by atoms with Crippen LogP contribution in [0.4, 0.5) is 0 Å². The van der Waals surface area contributed by atoms with E-state index >= 15 is 0 Å². The second kappa shape index (κ2) is 6.61. The average molecular weight is 362 g/mol. The first-order chi connectivity index (χ1) is 13.0. The van der Waals surface area contributed by atoms with Crippen LogP contribution in [0.5, 0.6) is 0 Å². The Morgan fingerprint density at radius 3 is 2.74 bits per heavy atom. The van der Waals surface area contributed by atoms with Gasteiger partial charge in [-0.25, -0.2) is 4.98 Å². The van der Waals surface area contributed by atoms with Gasteiger partial charge < -0.3 is 9.88 Å². The van der Waals surface area contributed by atoms with Gasteiger partial charge in [-0.2, -0.15) is 0 Å². The summed E-state index contributed by atoms with van der Waals surface area (Å²) in [4.78, 5) is 39.0. The molecule has 0 aliphatic carbocycles. The van der Waals surface area contributed by atoms with Crippen LogP contribution in [0.1, 0.15) is 38.4 Å². The Morgan fingerprint density at radius 2 is 1.93 bits per heavy atom. The minimum Gasteiger partial charge on any atom is -0.338 e. The van der Waals surface area contributed by atoms with Gasteiger partial charge >= 0.3 is 0 Å². The summed E-state index contributed by atoms with van der Waals surface area (Å²) in [6.07, 6.45) is 2.54. The number of amides is 1. The number of benzene rings is 1. The summed E-state index contributed by atoms with van der Waals surface area (Å²) < 4.78 is 0. The van der Waals surface area contributed by atoms with E-state index < -0.39 is 0 Å². The average Bonchev–Trinajstić information content (AvgIpc) is 2.87. The normalized spacial score (nSPS) is 14.1. The Bertz CT molecular complexity index is 1120. The van der Waals surface area contributed by atoms with E-state index in [0.717, 1.165) is 33.4 Å². The molecule has 2 aromatic heterocycles. The van der Waals surface area contributed by atoms with Crippen molar-refractivity contribution in [2.75, 3.05) is 13.1 Å². The molecule has 3 heterocycles. The van der Waals surface area contributed by atoms with E-state index in [1.165, 1.54) is 6.33 Å². The summed E-state index contributed by atoms with van der Waals surface area (Å²) in [7, 11) is 0. The maximum Gasteiger partial charge on any atom is 0.254 e. The number of carbonyl (C=O) groups is 1. The van der Waals surface area contributed by atoms with Crippen LogP contribution in [-0.4, -0.2) is 38.8 Å². The van der Waals surface area contributed by atoms with Gasteiger partial charge in [0.25, 0.3) is 11.5 Å². The maximum absolute atomic E-state index is 13.5. The van der Waals surface area contributed by atoms with Crippen molar-refractivity contribution in [1.29, 1.82) is 0 Å². The van der Waals surface area contributed by atoms with Crippen molar-refractivity contribution in [1.82, 2.24) is 19.9 Å². The second-order valence-electron chi connectivity index (χ2n) is 7.17. The summed E-state index contributed by atoms with van der Waals surface area (Å²) in [5.41, 5.74) is 5.81. The monoisotopic (exact) mass is 362 g/mol. The number of hydrogen-bond acceptors (Lipinski definition) is 4. The van der Waals surface area contributed by atoms with Crippen LogP contribution in [-0.2, 0) is 12.8 Å². The maximum atomic E-state index is 13.5. The Balaban J connectivity index is 1.76. The van der Waals surface area contributed by atoms with Crippen LogP contribution in [0.15, 0.2) is 29.3 Å². The number of fused-ring (bicyclic) bond motifs is 2. The molecule has 3 aromatic rings. The minimum absolute atomic E-state index is 0.00200. The van der Waals surface area contributed by atoms with Gasteiger partial charge in [-0.1, -0.05) is 11.6 Å². The molecule has 0 saturated heterocycles. The zero-order valence-corrected chi connectivity index (χ0v) is 15.8. The third-order valence-electron chi connectivity index (χ3n) is 5.42. The Hall–Kier alpha value is -3.02. The molecule has 0 radical (unpaired) electrons. The van der Waals surface area contributed by atoms with Gasteiger partial charge in [0.15, 0.2) is 0 Å².